The second-order valence-electron chi connectivity index (χ2n) is 5.00. The highest BCUT2D eigenvalue weighted by Crippen LogP contribution is 2.28. The van der Waals surface area contributed by atoms with Crippen LogP contribution in [-0.4, -0.2) is 37.6 Å². The molecule has 1 aromatic rings. The van der Waals surface area contributed by atoms with Gasteiger partial charge in [0.1, 0.15) is 4.47 Å². The van der Waals surface area contributed by atoms with Crippen molar-refractivity contribution in [1.29, 1.82) is 0 Å². The summed E-state index contributed by atoms with van der Waals surface area (Å²) in [7, 11) is 0.795. The molecule has 18 heavy (non-hydrogen) atoms. The number of hydrogen-bond donors (Lipinski definition) is 0. The van der Waals surface area contributed by atoms with E-state index in [0.29, 0.717) is 23.3 Å². The van der Waals surface area contributed by atoms with E-state index in [0.717, 1.165) is 5.69 Å². The largest absolute Gasteiger partial charge is 0.367 e. The summed E-state index contributed by atoms with van der Waals surface area (Å²) in [6.45, 7) is 5.31. The molecule has 1 aromatic heterocycles. The number of nitrogens with zero attached hydrogens (tertiary/aromatic N) is 3. The molecule has 0 N–H and O–H groups in total. The molecule has 7 heteroatoms. The Morgan fingerprint density at radius 3 is 2.78 bits per heavy atom. The quantitative estimate of drug-likeness (QED) is 0.765. The van der Waals surface area contributed by atoms with Gasteiger partial charge in [0.05, 0.1) is 16.6 Å². The van der Waals surface area contributed by atoms with Crippen LogP contribution in [0.2, 0.25) is 0 Å². The highest BCUT2D eigenvalue weighted by Gasteiger charge is 2.34. The molecule has 1 fully saturated rings. The lowest BCUT2D eigenvalue weighted by atomic mass is 10.2. The van der Waals surface area contributed by atoms with Gasteiger partial charge in [-0.15, -0.1) is 0 Å². The SMILES string of the molecule is Cn1ncc(N2CC[S@](=O)C(C)(C)C2)c(Br)c1=O. The monoisotopic (exact) mass is 333 g/mol. The number of aryl methyl sites for hydroxylation is 1. The number of halogens is 1. The van der Waals surface area contributed by atoms with Gasteiger partial charge >= 0.3 is 0 Å². The minimum absolute atomic E-state index is 0.156. The summed E-state index contributed by atoms with van der Waals surface area (Å²) in [6.07, 6.45) is 1.68. The molecule has 0 aliphatic carbocycles. The van der Waals surface area contributed by atoms with Gasteiger partial charge in [0.15, 0.2) is 0 Å². The summed E-state index contributed by atoms with van der Waals surface area (Å²) in [4.78, 5) is 13.9. The maximum absolute atomic E-state index is 11.9. The fourth-order valence-electron chi connectivity index (χ4n) is 2.01. The summed E-state index contributed by atoms with van der Waals surface area (Å²) in [6, 6.07) is 0. The lowest BCUT2D eigenvalue weighted by Gasteiger charge is -2.38. The Bertz CT molecular complexity index is 556. The Hall–Kier alpha value is -0.690. The second kappa shape index (κ2) is 4.77. The van der Waals surface area contributed by atoms with E-state index in [1.807, 2.05) is 13.8 Å². The Labute approximate surface area is 117 Å². The predicted octanol–water partition coefficient (Wildman–Crippen LogP) is 0.890. The van der Waals surface area contributed by atoms with Crippen LogP contribution >= 0.6 is 15.9 Å². The predicted molar refractivity (Wildman–Crippen MR) is 76.5 cm³/mol. The molecule has 2 heterocycles. The third-order valence-corrected chi connectivity index (χ3v) is 5.80. The molecular weight excluding hydrogens is 318 g/mol. The van der Waals surface area contributed by atoms with Gasteiger partial charge in [-0.25, -0.2) is 4.68 Å². The van der Waals surface area contributed by atoms with Crippen LogP contribution in [0.25, 0.3) is 0 Å². The van der Waals surface area contributed by atoms with Crippen LogP contribution < -0.4 is 10.5 Å². The van der Waals surface area contributed by atoms with E-state index in [1.165, 1.54) is 4.68 Å². The van der Waals surface area contributed by atoms with E-state index in [2.05, 4.69) is 25.9 Å². The van der Waals surface area contributed by atoms with Crippen LogP contribution in [-0.2, 0) is 17.8 Å². The summed E-state index contributed by atoms with van der Waals surface area (Å²) >= 11 is 3.33. The average molecular weight is 334 g/mol. The molecule has 1 aliphatic heterocycles. The highest BCUT2D eigenvalue weighted by atomic mass is 79.9. The molecule has 0 saturated carbocycles. The molecule has 5 nitrogen and oxygen atoms in total. The minimum Gasteiger partial charge on any atom is -0.367 e. The number of anilines is 1. The standard InChI is InChI=1S/C11H16BrN3O2S/c1-11(2)7-15(4-5-18(11)17)8-6-13-14(3)10(16)9(8)12/h6H,4-5,7H2,1-3H3/t18-/m0/s1. The Morgan fingerprint density at radius 1 is 1.50 bits per heavy atom. The number of rotatable bonds is 1. The van der Waals surface area contributed by atoms with Gasteiger partial charge in [0.2, 0.25) is 0 Å². The molecule has 1 aliphatic rings. The van der Waals surface area contributed by atoms with Gasteiger partial charge in [-0.2, -0.15) is 5.10 Å². The highest BCUT2D eigenvalue weighted by molar-refractivity contribution is 9.10. The summed E-state index contributed by atoms with van der Waals surface area (Å²) in [5.74, 6) is 0.620. The topological polar surface area (TPSA) is 55.2 Å². The third-order valence-electron chi connectivity index (χ3n) is 3.14. The molecule has 1 atom stereocenters. The first-order valence-corrected chi connectivity index (χ1v) is 7.79. The van der Waals surface area contributed by atoms with Crippen LogP contribution in [0.5, 0.6) is 0 Å². The second-order valence-corrected chi connectivity index (χ2v) is 8.00. The first-order chi connectivity index (χ1) is 8.33. The van der Waals surface area contributed by atoms with Crippen LogP contribution in [0.1, 0.15) is 13.8 Å². The molecule has 1 saturated heterocycles. The van der Waals surface area contributed by atoms with Crippen molar-refractivity contribution in [3.8, 4) is 0 Å². The molecule has 0 spiro atoms. The van der Waals surface area contributed by atoms with Crippen molar-refractivity contribution in [3.05, 3.63) is 21.0 Å². The van der Waals surface area contributed by atoms with Crippen molar-refractivity contribution in [2.24, 2.45) is 7.05 Å². The fraction of sp³-hybridized carbons (Fsp3) is 0.636. The zero-order valence-electron chi connectivity index (χ0n) is 10.6. The lowest BCUT2D eigenvalue weighted by molar-refractivity contribution is 0.586. The molecule has 0 unspecified atom stereocenters. The van der Waals surface area contributed by atoms with Crippen LogP contribution in [0.15, 0.2) is 15.5 Å². The molecule has 100 valence electrons. The molecule has 0 aromatic carbocycles. The average Bonchev–Trinajstić information content (AvgIpc) is 2.30. The maximum atomic E-state index is 11.9. The van der Waals surface area contributed by atoms with Crippen molar-refractivity contribution in [1.82, 2.24) is 9.78 Å². The van der Waals surface area contributed by atoms with E-state index < -0.39 is 10.8 Å². The van der Waals surface area contributed by atoms with Crippen molar-refractivity contribution in [2.45, 2.75) is 18.6 Å². The van der Waals surface area contributed by atoms with Crippen molar-refractivity contribution in [3.63, 3.8) is 0 Å². The van der Waals surface area contributed by atoms with Gasteiger partial charge in [-0.3, -0.25) is 9.00 Å². The lowest BCUT2D eigenvalue weighted by Crippen LogP contribution is -2.50. The molecular formula is C11H16BrN3O2S. The number of hydrogen-bond acceptors (Lipinski definition) is 4. The summed E-state index contributed by atoms with van der Waals surface area (Å²) < 4.78 is 13.4. The van der Waals surface area contributed by atoms with Gasteiger partial charge in [-0.05, 0) is 29.8 Å². The number of aromatic nitrogens is 2. The zero-order valence-corrected chi connectivity index (χ0v) is 13.0. The van der Waals surface area contributed by atoms with Gasteiger partial charge in [0, 0.05) is 36.7 Å². The van der Waals surface area contributed by atoms with Crippen LogP contribution in [0, 0.1) is 0 Å². The van der Waals surface area contributed by atoms with E-state index in [9.17, 15) is 9.00 Å². The zero-order chi connectivity index (χ0) is 13.5. The van der Waals surface area contributed by atoms with E-state index in [-0.39, 0.29) is 10.3 Å². The van der Waals surface area contributed by atoms with Crippen molar-refractivity contribution >= 4 is 32.4 Å². The van der Waals surface area contributed by atoms with Crippen molar-refractivity contribution in [2.75, 3.05) is 23.7 Å². The van der Waals surface area contributed by atoms with E-state index in [1.54, 1.807) is 13.2 Å². The molecule has 0 radical (unpaired) electrons. The Morgan fingerprint density at radius 2 is 2.17 bits per heavy atom. The first-order valence-electron chi connectivity index (χ1n) is 5.68. The fourth-order valence-corrected chi connectivity index (χ4v) is 3.86. The Balaban J connectivity index is 2.37. The van der Waals surface area contributed by atoms with Gasteiger partial charge in [0.25, 0.3) is 5.56 Å². The minimum atomic E-state index is -0.822. The van der Waals surface area contributed by atoms with Gasteiger partial charge < -0.3 is 4.90 Å². The molecule has 0 bridgehead atoms. The first kappa shape index (κ1) is 13.7. The van der Waals surface area contributed by atoms with Crippen LogP contribution in [0.3, 0.4) is 0 Å². The normalized spacial score (nSPS) is 23.1. The van der Waals surface area contributed by atoms with E-state index >= 15 is 0 Å². The molecule has 2 rings (SSSR count). The summed E-state index contributed by atoms with van der Waals surface area (Å²) in [5.41, 5.74) is 0.625. The maximum Gasteiger partial charge on any atom is 0.282 e. The Kier molecular flexibility index (Phi) is 3.64. The van der Waals surface area contributed by atoms with Gasteiger partial charge in [-0.1, -0.05) is 0 Å². The summed E-state index contributed by atoms with van der Waals surface area (Å²) in [5, 5.41) is 4.04. The third kappa shape index (κ3) is 2.38. The smallest absolute Gasteiger partial charge is 0.282 e. The molecule has 0 amide bonds. The van der Waals surface area contributed by atoms with Crippen molar-refractivity contribution < 1.29 is 4.21 Å². The van der Waals surface area contributed by atoms with Crippen LogP contribution in [0.4, 0.5) is 5.69 Å². The van der Waals surface area contributed by atoms with E-state index in [4.69, 9.17) is 0 Å².